The van der Waals surface area contributed by atoms with Crippen LogP contribution in [0.3, 0.4) is 0 Å². The van der Waals surface area contributed by atoms with E-state index in [4.69, 9.17) is 4.74 Å². The maximum absolute atomic E-state index is 5.24. The zero-order valence-corrected chi connectivity index (χ0v) is 11.5. The van der Waals surface area contributed by atoms with Crippen LogP contribution in [0.15, 0.2) is 42.6 Å². The first kappa shape index (κ1) is 12.5. The number of aromatic nitrogens is 3. The summed E-state index contributed by atoms with van der Waals surface area (Å²) in [6, 6.07) is 11.9. The molecule has 2 heterocycles. The number of nitrogens with one attached hydrogen (secondary N) is 1. The van der Waals surface area contributed by atoms with Gasteiger partial charge in [0.05, 0.1) is 18.1 Å². The molecule has 0 fully saturated rings. The van der Waals surface area contributed by atoms with Crippen LogP contribution in [0.4, 0.5) is 5.95 Å². The molecule has 0 atom stereocenters. The van der Waals surface area contributed by atoms with Crippen LogP contribution in [0.1, 0.15) is 5.56 Å². The number of fused-ring (bicyclic) bond motifs is 1. The average molecular weight is 268 g/mol. The number of aryl methyl sites for hydroxylation is 1. The lowest BCUT2D eigenvalue weighted by molar-refractivity contribution is 0.393. The predicted molar refractivity (Wildman–Crippen MR) is 78.8 cm³/mol. The van der Waals surface area contributed by atoms with Crippen LogP contribution in [0.2, 0.25) is 0 Å². The Hall–Kier alpha value is -2.56. The van der Waals surface area contributed by atoms with Crippen molar-refractivity contribution in [2.45, 2.75) is 6.54 Å². The van der Waals surface area contributed by atoms with Gasteiger partial charge in [0.1, 0.15) is 0 Å². The van der Waals surface area contributed by atoms with E-state index in [-0.39, 0.29) is 0 Å². The first-order chi connectivity index (χ1) is 9.79. The highest BCUT2D eigenvalue weighted by Gasteiger charge is 2.08. The molecule has 5 nitrogen and oxygen atoms in total. The second kappa shape index (κ2) is 5.21. The molecule has 3 aromatic rings. The van der Waals surface area contributed by atoms with E-state index < -0.39 is 0 Å². The minimum atomic E-state index is 0.619. The van der Waals surface area contributed by atoms with Crippen LogP contribution >= 0.6 is 0 Å². The quantitative estimate of drug-likeness (QED) is 0.790. The maximum Gasteiger partial charge on any atom is 0.218 e. The molecule has 0 saturated carbocycles. The molecule has 2 aromatic heterocycles. The van der Waals surface area contributed by atoms with Gasteiger partial charge < -0.3 is 14.6 Å². The number of methoxy groups -OCH3 is 1. The summed E-state index contributed by atoms with van der Waals surface area (Å²) in [4.78, 5) is 8.76. The smallest absolute Gasteiger partial charge is 0.218 e. The fraction of sp³-hybridized carbons (Fsp3) is 0.200. The van der Waals surface area contributed by atoms with Crippen molar-refractivity contribution in [3.8, 4) is 5.88 Å². The normalized spacial score (nSPS) is 10.7. The van der Waals surface area contributed by atoms with Crippen molar-refractivity contribution in [3.63, 3.8) is 0 Å². The number of ether oxygens (including phenoxy) is 1. The van der Waals surface area contributed by atoms with Gasteiger partial charge in [0.25, 0.3) is 0 Å². The Bertz CT molecular complexity index is 736. The van der Waals surface area contributed by atoms with Crippen molar-refractivity contribution in [2.24, 2.45) is 7.05 Å². The van der Waals surface area contributed by atoms with Gasteiger partial charge in [0, 0.05) is 25.4 Å². The third-order valence-electron chi connectivity index (χ3n) is 3.27. The second-order valence-corrected chi connectivity index (χ2v) is 4.51. The van der Waals surface area contributed by atoms with Gasteiger partial charge in [-0.3, -0.25) is 0 Å². The largest absolute Gasteiger partial charge is 0.481 e. The van der Waals surface area contributed by atoms with E-state index in [2.05, 4.69) is 21.4 Å². The van der Waals surface area contributed by atoms with Gasteiger partial charge in [-0.05, 0) is 18.2 Å². The van der Waals surface area contributed by atoms with Crippen molar-refractivity contribution >= 4 is 17.0 Å². The summed E-state index contributed by atoms with van der Waals surface area (Å²) in [6.07, 6.45) is 1.72. The lowest BCUT2D eigenvalue weighted by Crippen LogP contribution is -2.06. The molecule has 5 heteroatoms. The van der Waals surface area contributed by atoms with Crippen LogP contribution in [0, 0.1) is 0 Å². The minimum Gasteiger partial charge on any atom is -0.481 e. The van der Waals surface area contributed by atoms with Gasteiger partial charge >= 0.3 is 0 Å². The standard InChI is InChI=1S/C15H16N4O/c1-19-13-8-4-3-7-12(13)18-15(19)17-10-11-6-5-9-16-14(11)20-2/h3-9H,10H2,1-2H3,(H,17,18). The zero-order valence-electron chi connectivity index (χ0n) is 11.5. The molecule has 0 aliphatic rings. The van der Waals surface area contributed by atoms with E-state index in [1.807, 2.05) is 41.9 Å². The average Bonchev–Trinajstić information content (AvgIpc) is 2.82. The molecule has 0 radical (unpaired) electrons. The number of nitrogens with zero attached hydrogens (tertiary/aromatic N) is 3. The molecule has 0 bridgehead atoms. The number of rotatable bonds is 4. The molecular formula is C15H16N4O. The predicted octanol–water partition coefficient (Wildman–Crippen LogP) is 2.59. The number of hydrogen-bond donors (Lipinski definition) is 1. The molecular weight excluding hydrogens is 252 g/mol. The molecule has 20 heavy (non-hydrogen) atoms. The molecule has 102 valence electrons. The molecule has 1 aromatic carbocycles. The summed E-state index contributed by atoms with van der Waals surface area (Å²) in [7, 11) is 3.62. The van der Waals surface area contributed by atoms with E-state index in [1.165, 1.54) is 0 Å². The lowest BCUT2D eigenvalue weighted by Gasteiger charge is -2.09. The minimum absolute atomic E-state index is 0.619. The number of benzene rings is 1. The Morgan fingerprint density at radius 1 is 1.20 bits per heavy atom. The van der Waals surface area contributed by atoms with E-state index in [1.54, 1.807) is 13.3 Å². The Morgan fingerprint density at radius 2 is 2.05 bits per heavy atom. The Balaban J connectivity index is 1.85. The first-order valence-electron chi connectivity index (χ1n) is 6.43. The number of anilines is 1. The van der Waals surface area contributed by atoms with Crippen LogP contribution in [-0.2, 0) is 13.6 Å². The summed E-state index contributed by atoms with van der Waals surface area (Å²) in [6.45, 7) is 0.619. The van der Waals surface area contributed by atoms with E-state index in [0.717, 1.165) is 22.5 Å². The van der Waals surface area contributed by atoms with Gasteiger partial charge in [0.15, 0.2) is 0 Å². The summed E-state index contributed by atoms with van der Waals surface area (Å²) in [5.74, 6) is 1.47. The number of imidazole rings is 1. The highest BCUT2D eigenvalue weighted by atomic mass is 16.5. The fourth-order valence-corrected chi connectivity index (χ4v) is 2.22. The summed E-state index contributed by atoms with van der Waals surface area (Å²) < 4.78 is 7.28. The third kappa shape index (κ3) is 2.18. The van der Waals surface area contributed by atoms with Crippen molar-refractivity contribution < 1.29 is 4.74 Å². The van der Waals surface area contributed by atoms with Crippen LogP contribution in [0.5, 0.6) is 5.88 Å². The maximum atomic E-state index is 5.24. The monoisotopic (exact) mass is 268 g/mol. The fourth-order valence-electron chi connectivity index (χ4n) is 2.22. The molecule has 0 spiro atoms. The number of pyridine rings is 1. The van der Waals surface area contributed by atoms with Crippen molar-refractivity contribution in [3.05, 3.63) is 48.2 Å². The number of hydrogen-bond acceptors (Lipinski definition) is 4. The van der Waals surface area contributed by atoms with Crippen molar-refractivity contribution in [2.75, 3.05) is 12.4 Å². The van der Waals surface area contributed by atoms with Gasteiger partial charge in [-0.2, -0.15) is 0 Å². The van der Waals surface area contributed by atoms with Crippen LogP contribution in [-0.4, -0.2) is 21.6 Å². The van der Waals surface area contributed by atoms with E-state index >= 15 is 0 Å². The lowest BCUT2D eigenvalue weighted by atomic mass is 10.3. The third-order valence-corrected chi connectivity index (χ3v) is 3.27. The van der Waals surface area contributed by atoms with E-state index in [9.17, 15) is 0 Å². The Labute approximate surface area is 117 Å². The summed E-state index contributed by atoms with van der Waals surface area (Å²) >= 11 is 0. The van der Waals surface area contributed by atoms with Crippen molar-refractivity contribution in [1.29, 1.82) is 0 Å². The van der Waals surface area contributed by atoms with E-state index in [0.29, 0.717) is 12.4 Å². The SMILES string of the molecule is COc1ncccc1CNc1nc2ccccc2n1C. The highest BCUT2D eigenvalue weighted by molar-refractivity contribution is 5.78. The molecule has 0 aliphatic heterocycles. The van der Waals surface area contributed by atoms with Crippen molar-refractivity contribution in [1.82, 2.24) is 14.5 Å². The summed E-state index contributed by atoms with van der Waals surface area (Å²) in [5, 5.41) is 3.33. The van der Waals surface area contributed by atoms with Gasteiger partial charge in [-0.15, -0.1) is 0 Å². The summed E-state index contributed by atoms with van der Waals surface area (Å²) in [5.41, 5.74) is 3.09. The number of para-hydroxylation sites is 2. The highest BCUT2D eigenvalue weighted by Crippen LogP contribution is 2.19. The Morgan fingerprint density at radius 3 is 2.85 bits per heavy atom. The van der Waals surface area contributed by atoms with Gasteiger partial charge in [-0.1, -0.05) is 18.2 Å². The zero-order chi connectivity index (χ0) is 13.9. The molecule has 0 amide bonds. The van der Waals surface area contributed by atoms with Crippen LogP contribution in [0.25, 0.3) is 11.0 Å². The van der Waals surface area contributed by atoms with Gasteiger partial charge in [-0.25, -0.2) is 9.97 Å². The Kier molecular flexibility index (Phi) is 3.25. The molecule has 0 aliphatic carbocycles. The topological polar surface area (TPSA) is 52.0 Å². The molecule has 3 rings (SSSR count). The molecule has 1 N–H and O–H groups in total. The first-order valence-corrected chi connectivity index (χ1v) is 6.43. The second-order valence-electron chi connectivity index (χ2n) is 4.51. The van der Waals surface area contributed by atoms with Gasteiger partial charge in [0.2, 0.25) is 11.8 Å². The molecule has 0 unspecified atom stereocenters. The van der Waals surface area contributed by atoms with Crippen LogP contribution < -0.4 is 10.1 Å². The molecule has 0 saturated heterocycles.